The topological polar surface area (TPSA) is 84.0 Å². The Morgan fingerprint density at radius 2 is 2.25 bits per heavy atom. The number of thioether (sulfide) groups is 1. The molecule has 1 amide bonds. The van der Waals surface area contributed by atoms with Gasteiger partial charge in [-0.2, -0.15) is 5.26 Å². The molecule has 24 heavy (non-hydrogen) atoms. The molecule has 7 nitrogen and oxygen atoms in total. The van der Waals surface area contributed by atoms with Crippen molar-refractivity contribution < 1.29 is 9.53 Å². The van der Waals surface area contributed by atoms with Crippen molar-refractivity contribution in [1.29, 1.82) is 5.26 Å². The summed E-state index contributed by atoms with van der Waals surface area (Å²) in [5.74, 6) is 0.234. The number of aryl methyl sites for hydroxylation is 1. The highest BCUT2D eigenvalue weighted by atomic mass is 32.2. The van der Waals surface area contributed by atoms with E-state index < -0.39 is 5.54 Å². The number of carbonyl (C=O) groups excluding carboxylic acids is 1. The molecule has 0 spiro atoms. The van der Waals surface area contributed by atoms with Crippen LogP contribution in [0.25, 0.3) is 0 Å². The van der Waals surface area contributed by atoms with Crippen LogP contribution in [-0.4, -0.2) is 57.6 Å². The third-order valence-electron chi connectivity index (χ3n) is 4.56. The van der Waals surface area contributed by atoms with E-state index in [0.717, 1.165) is 50.2 Å². The largest absolute Gasteiger partial charge is 0.385 e. The molecular weight excluding hydrogens is 326 g/mol. The molecule has 0 unspecified atom stereocenters. The van der Waals surface area contributed by atoms with Gasteiger partial charge in [-0.25, -0.2) is 0 Å². The van der Waals surface area contributed by atoms with Crippen molar-refractivity contribution in [3.05, 3.63) is 6.33 Å². The van der Waals surface area contributed by atoms with E-state index in [4.69, 9.17) is 4.74 Å². The first-order valence-corrected chi connectivity index (χ1v) is 9.29. The highest BCUT2D eigenvalue weighted by molar-refractivity contribution is 7.99. The van der Waals surface area contributed by atoms with Crippen LogP contribution in [0.15, 0.2) is 11.5 Å². The zero-order chi connectivity index (χ0) is 17.4. The lowest BCUT2D eigenvalue weighted by Crippen LogP contribution is -2.50. The Labute approximate surface area is 147 Å². The summed E-state index contributed by atoms with van der Waals surface area (Å²) in [6.45, 7) is 1.43. The molecule has 0 aromatic carbocycles. The van der Waals surface area contributed by atoms with Crippen LogP contribution in [0.4, 0.5) is 0 Å². The van der Waals surface area contributed by atoms with Crippen LogP contribution in [0.2, 0.25) is 0 Å². The first-order valence-electron chi connectivity index (χ1n) is 8.30. The van der Waals surface area contributed by atoms with E-state index in [9.17, 15) is 10.1 Å². The van der Waals surface area contributed by atoms with Gasteiger partial charge >= 0.3 is 0 Å². The number of rotatable bonds is 8. The summed E-state index contributed by atoms with van der Waals surface area (Å²) < 4.78 is 6.98. The maximum atomic E-state index is 12.5. The van der Waals surface area contributed by atoms with Crippen LogP contribution in [0.1, 0.15) is 38.5 Å². The summed E-state index contributed by atoms with van der Waals surface area (Å²) in [5, 5.41) is 18.3. The minimum Gasteiger partial charge on any atom is -0.385 e. The maximum absolute atomic E-state index is 12.5. The Morgan fingerprint density at radius 1 is 1.50 bits per heavy atom. The first-order chi connectivity index (χ1) is 11.6. The Kier molecular flexibility index (Phi) is 7.06. The molecule has 0 N–H and O–H groups in total. The highest BCUT2D eigenvalue weighted by Crippen LogP contribution is 2.33. The van der Waals surface area contributed by atoms with Gasteiger partial charge in [0.1, 0.15) is 11.9 Å². The molecular formula is C16H25N5O2S. The normalized spacial score (nSPS) is 16.5. The van der Waals surface area contributed by atoms with Crippen LogP contribution >= 0.6 is 11.8 Å². The van der Waals surface area contributed by atoms with Crippen LogP contribution < -0.4 is 0 Å². The molecule has 0 saturated heterocycles. The zero-order valence-corrected chi connectivity index (χ0v) is 15.2. The molecule has 0 aliphatic heterocycles. The van der Waals surface area contributed by atoms with Gasteiger partial charge in [0.05, 0.1) is 11.8 Å². The van der Waals surface area contributed by atoms with Crippen LogP contribution in [0, 0.1) is 11.3 Å². The average Bonchev–Trinajstić information content (AvgIpc) is 3.07. The number of nitriles is 1. The Balaban J connectivity index is 1.91. The smallest absolute Gasteiger partial charge is 0.234 e. The second-order valence-electron chi connectivity index (χ2n) is 6.10. The number of ether oxygens (including phenoxy) is 1. The fourth-order valence-electron chi connectivity index (χ4n) is 3.01. The summed E-state index contributed by atoms with van der Waals surface area (Å²) in [6.07, 6.45) is 7.23. The zero-order valence-electron chi connectivity index (χ0n) is 14.4. The van der Waals surface area contributed by atoms with E-state index >= 15 is 0 Å². The SMILES string of the molecule is COCCCn1cnnc1SCC(=O)N(C)C1(C#N)CCCCC1. The fraction of sp³-hybridized carbons (Fsp3) is 0.750. The monoisotopic (exact) mass is 351 g/mol. The van der Waals surface area contributed by atoms with Crippen molar-refractivity contribution >= 4 is 17.7 Å². The molecule has 0 atom stereocenters. The molecule has 2 rings (SSSR count). The number of amides is 1. The van der Waals surface area contributed by atoms with Gasteiger partial charge < -0.3 is 14.2 Å². The first kappa shape index (κ1) is 18.7. The molecule has 0 radical (unpaired) electrons. The summed E-state index contributed by atoms with van der Waals surface area (Å²) in [5.41, 5.74) is -0.637. The Morgan fingerprint density at radius 3 is 2.92 bits per heavy atom. The van der Waals surface area contributed by atoms with Gasteiger partial charge in [0.15, 0.2) is 5.16 Å². The summed E-state index contributed by atoms with van der Waals surface area (Å²) >= 11 is 1.37. The number of hydrogen-bond acceptors (Lipinski definition) is 6. The third kappa shape index (κ3) is 4.48. The van der Waals surface area contributed by atoms with E-state index in [1.165, 1.54) is 11.8 Å². The number of aromatic nitrogens is 3. The van der Waals surface area contributed by atoms with Crippen molar-refractivity contribution in [2.24, 2.45) is 0 Å². The lowest BCUT2D eigenvalue weighted by Gasteiger charge is -2.39. The van der Waals surface area contributed by atoms with Gasteiger partial charge in [-0.05, 0) is 19.3 Å². The number of methoxy groups -OCH3 is 1. The van der Waals surface area contributed by atoms with E-state index in [2.05, 4.69) is 16.3 Å². The molecule has 1 saturated carbocycles. The highest BCUT2D eigenvalue weighted by Gasteiger charge is 2.38. The van der Waals surface area contributed by atoms with Crippen molar-refractivity contribution in [2.45, 2.75) is 55.8 Å². The number of hydrogen-bond donors (Lipinski definition) is 0. The standard InChI is InChI=1S/C16H25N5O2S/c1-20(16(12-17)7-4-3-5-8-16)14(22)11-24-15-19-18-13-21(15)9-6-10-23-2/h13H,3-11H2,1-2H3. The predicted octanol–water partition coefficient (Wildman–Crippen LogP) is 2.09. The summed E-state index contributed by atoms with van der Waals surface area (Å²) in [6, 6.07) is 2.39. The average molecular weight is 351 g/mol. The van der Waals surface area contributed by atoms with Crippen molar-refractivity contribution in [3.63, 3.8) is 0 Å². The molecule has 1 aliphatic carbocycles. The third-order valence-corrected chi connectivity index (χ3v) is 5.52. The Hall–Kier alpha value is -1.59. The second-order valence-corrected chi connectivity index (χ2v) is 7.04. The molecule has 1 aromatic rings. The maximum Gasteiger partial charge on any atom is 0.234 e. The summed E-state index contributed by atoms with van der Waals surface area (Å²) in [4.78, 5) is 14.2. The minimum atomic E-state index is -0.637. The summed E-state index contributed by atoms with van der Waals surface area (Å²) in [7, 11) is 3.42. The minimum absolute atomic E-state index is 0.0325. The predicted molar refractivity (Wildman–Crippen MR) is 91.4 cm³/mol. The van der Waals surface area contributed by atoms with Gasteiger partial charge in [0.25, 0.3) is 0 Å². The quantitative estimate of drug-likeness (QED) is 0.527. The molecule has 1 aromatic heterocycles. The van der Waals surface area contributed by atoms with E-state index in [1.54, 1.807) is 25.4 Å². The Bertz CT molecular complexity index is 577. The lowest BCUT2D eigenvalue weighted by atomic mass is 9.81. The van der Waals surface area contributed by atoms with E-state index in [-0.39, 0.29) is 11.7 Å². The van der Waals surface area contributed by atoms with Gasteiger partial charge in [-0.1, -0.05) is 31.0 Å². The van der Waals surface area contributed by atoms with Gasteiger partial charge in [-0.3, -0.25) is 4.79 Å². The van der Waals surface area contributed by atoms with Crippen molar-refractivity contribution in [1.82, 2.24) is 19.7 Å². The van der Waals surface area contributed by atoms with Crippen molar-refractivity contribution in [2.75, 3.05) is 26.5 Å². The fourth-order valence-corrected chi connectivity index (χ4v) is 3.86. The molecule has 1 aliphatic rings. The number of carbonyl (C=O) groups is 1. The molecule has 1 fully saturated rings. The molecule has 132 valence electrons. The van der Waals surface area contributed by atoms with Crippen LogP contribution in [0.3, 0.4) is 0 Å². The van der Waals surface area contributed by atoms with Crippen molar-refractivity contribution in [3.8, 4) is 6.07 Å². The molecule has 8 heteroatoms. The number of nitrogens with zero attached hydrogens (tertiary/aromatic N) is 5. The second kappa shape index (κ2) is 9.04. The van der Waals surface area contributed by atoms with E-state index in [1.807, 2.05) is 4.57 Å². The van der Waals surface area contributed by atoms with Gasteiger partial charge in [0.2, 0.25) is 5.91 Å². The molecule has 0 bridgehead atoms. The van der Waals surface area contributed by atoms with E-state index in [0.29, 0.717) is 6.61 Å². The van der Waals surface area contributed by atoms with Crippen LogP contribution in [-0.2, 0) is 16.1 Å². The molecule has 1 heterocycles. The van der Waals surface area contributed by atoms with Crippen LogP contribution in [0.5, 0.6) is 0 Å². The lowest BCUT2D eigenvalue weighted by molar-refractivity contribution is -0.131. The van der Waals surface area contributed by atoms with Gasteiger partial charge in [-0.15, -0.1) is 10.2 Å². The van der Waals surface area contributed by atoms with Gasteiger partial charge in [0, 0.05) is 27.3 Å².